The van der Waals surface area contributed by atoms with Crippen LogP contribution < -0.4 is 11.1 Å². The zero-order chi connectivity index (χ0) is 15.7. The van der Waals surface area contributed by atoms with E-state index in [0.717, 1.165) is 11.6 Å². The molecule has 112 valence electrons. The number of aromatic nitrogens is 1. The Bertz CT molecular complexity index is 678. The van der Waals surface area contributed by atoms with Gasteiger partial charge in [-0.2, -0.15) is 0 Å². The van der Waals surface area contributed by atoms with Gasteiger partial charge >= 0.3 is 5.97 Å². The number of nitrogen functional groups attached to an aromatic ring is 1. The topological polar surface area (TPSA) is 101 Å². The van der Waals surface area contributed by atoms with Gasteiger partial charge in [-0.15, -0.1) is 0 Å². The van der Waals surface area contributed by atoms with Crippen LogP contribution in [-0.2, 0) is 0 Å². The zero-order valence-corrected chi connectivity index (χ0v) is 11.9. The van der Waals surface area contributed by atoms with Crippen LogP contribution in [0.2, 0.25) is 0 Å². The number of carboxylic acid groups (broad SMARTS) is 1. The first kappa shape index (κ1) is 14.8. The lowest BCUT2D eigenvalue weighted by Crippen LogP contribution is -2.14. The van der Waals surface area contributed by atoms with Gasteiger partial charge in [0.2, 0.25) is 0 Å². The Morgan fingerprint density at radius 1 is 1.48 bits per heavy atom. The van der Waals surface area contributed by atoms with Gasteiger partial charge < -0.3 is 20.7 Å². The fourth-order valence-electron chi connectivity index (χ4n) is 2.36. The summed E-state index contributed by atoms with van der Waals surface area (Å²) in [6.07, 6.45) is 0. The van der Waals surface area contributed by atoms with Gasteiger partial charge in [-0.25, -0.2) is 9.18 Å². The van der Waals surface area contributed by atoms with Crippen molar-refractivity contribution in [2.75, 3.05) is 11.1 Å². The lowest BCUT2D eigenvalue weighted by atomic mass is 10.0. The molecule has 0 amide bonds. The highest BCUT2D eigenvalue weighted by Crippen LogP contribution is 2.30. The molecule has 1 aromatic carbocycles. The number of hydrogen-bond donors (Lipinski definition) is 3. The quantitative estimate of drug-likeness (QED) is 0.749. The number of nitrogens with one attached hydrogen (secondary N) is 1. The minimum atomic E-state index is -1.29. The van der Waals surface area contributed by atoms with Crippen LogP contribution in [0.1, 0.15) is 40.3 Å². The highest BCUT2D eigenvalue weighted by atomic mass is 19.1. The molecule has 1 atom stereocenters. The Labute approximate surface area is 120 Å². The Kier molecular flexibility index (Phi) is 3.84. The van der Waals surface area contributed by atoms with E-state index >= 15 is 0 Å². The van der Waals surface area contributed by atoms with Crippen molar-refractivity contribution >= 4 is 17.3 Å². The average molecular weight is 293 g/mol. The van der Waals surface area contributed by atoms with Crippen molar-refractivity contribution in [3.8, 4) is 0 Å². The summed E-state index contributed by atoms with van der Waals surface area (Å²) < 4.78 is 18.5. The van der Waals surface area contributed by atoms with Crippen molar-refractivity contribution < 1.29 is 18.8 Å². The number of nitrogens with zero attached hydrogens (tertiary/aromatic N) is 1. The number of rotatable bonds is 4. The fraction of sp³-hybridized carbons (Fsp3) is 0.286. The number of halogens is 1. The van der Waals surface area contributed by atoms with E-state index in [1.54, 1.807) is 13.8 Å². The third kappa shape index (κ3) is 2.67. The second kappa shape index (κ2) is 5.43. The molecular weight excluding hydrogens is 277 g/mol. The molecule has 2 rings (SSSR count). The van der Waals surface area contributed by atoms with Crippen LogP contribution in [0.3, 0.4) is 0 Å². The van der Waals surface area contributed by atoms with Gasteiger partial charge in [-0.05, 0) is 32.9 Å². The van der Waals surface area contributed by atoms with Crippen LogP contribution in [0.5, 0.6) is 0 Å². The Morgan fingerprint density at radius 3 is 2.67 bits per heavy atom. The molecular formula is C14H16FN3O3. The van der Waals surface area contributed by atoms with Crippen molar-refractivity contribution in [1.29, 1.82) is 0 Å². The fourth-order valence-corrected chi connectivity index (χ4v) is 2.36. The molecule has 21 heavy (non-hydrogen) atoms. The van der Waals surface area contributed by atoms with Gasteiger partial charge in [0.05, 0.1) is 23.1 Å². The monoisotopic (exact) mass is 293 g/mol. The van der Waals surface area contributed by atoms with Crippen LogP contribution in [0.15, 0.2) is 16.7 Å². The molecule has 0 radical (unpaired) electrons. The molecule has 0 aliphatic rings. The van der Waals surface area contributed by atoms with E-state index in [0.29, 0.717) is 11.5 Å². The molecule has 7 heteroatoms. The number of aryl methyl sites for hydroxylation is 2. The van der Waals surface area contributed by atoms with E-state index < -0.39 is 17.5 Å². The minimum absolute atomic E-state index is 0.244. The highest BCUT2D eigenvalue weighted by Gasteiger charge is 2.21. The summed E-state index contributed by atoms with van der Waals surface area (Å²) >= 11 is 0. The van der Waals surface area contributed by atoms with Crippen molar-refractivity contribution in [2.45, 2.75) is 26.8 Å². The molecule has 1 unspecified atom stereocenters. The van der Waals surface area contributed by atoms with Crippen LogP contribution in [0.25, 0.3) is 0 Å². The van der Waals surface area contributed by atoms with Gasteiger partial charge in [0.15, 0.2) is 0 Å². The standard InChI is InChI=1S/C14H16FN3O3/c1-6(11-7(2)18-21-8(11)3)17-10-5-4-9(15)13(16)12(10)14(19)20/h4-6,17H,16H2,1-3H3,(H,19,20). The summed E-state index contributed by atoms with van der Waals surface area (Å²) in [7, 11) is 0. The van der Waals surface area contributed by atoms with Crippen LogP contribution in [0, 0.1) is 19.7 Å². The normalized spacial score (nSPS) is 12.2. The second-order valence-corrected chi connectivity index (χ2v) is 4.79. The molecule has 1 heterocycles. The number of aromatic carboxylic acids is 1. The van der Waals surface area contributed by atoms with Gasteiger partial charge in [0, 0.05) is 5.56 Å². The molecule has 0 aliphatic carbocycles. The molecule has 6 nitrogen and oxygen atoms in total. The lowest BCUT2D eigenvalue weighted by Gasteiger charge is -2.18. The van der Waals surface area contributed by atoms with E-state index in [4.69, 9.17) is 10.3 Å². The Morgan fingerprint density at radius 2 is 2.14 bits per heavy atom. The first-order chi connectivity index (χ1) is 9.82. The summed E-state index contributed by atoms with van der Waals surface area (Å²) in [5, 5.41) is 16.1. The maximum Gasteiger partial charge on any atom is 0.340 e. The number of nitrogens with two attached hydrogens (primary N) is 1. The Hall–Kier alpha value is -2.57. The van der Waals surface area contributed by atoms with Gasteiger partial charge in [0.1, 0.15) is 17.1 Å². The van der Waals surface area contributed by atoms with Crippen molar-refractivity contribution in [2.24, 2.45) is 0 Å². The Balaban J connectivity index is 2.40. The number of hydrogen-bond acceptors (Lipinski definition) is 5. The smallest absolute Gasteiger partial charge is 0.340 e. The molecule has 4 N–H and O–H groups in total. The van der Waals surface area contributed by atoms with Crippen molar-refractivity contribution in [3.63, 3.8) is 0 Å². The van der Waals surface area contributed by atoms with Gasteiger partial charge in [-0.3, -0.25) is 0 Å². The number of anilines is 2. The van der Waals surface area contributed by atoms with Gasteiger partial charge in [-0.1, -0.05) is 5.16 Å². The maximum absolute atomic E-state index is 13.4. The predicted molar refractivity (Wildman–Crippen MR) is 75.8 cm³/mol. The van der Waals surface area contributed by atoms with Crippen molar-refractivity contribution in [3.05, 3.63) is 40.5 Å². The SMILES string of the molecule is Cc1noc(C)c1C(C)Nc1ccc(F)c(N)c1C(=O)O. The third-order valence-electron chi connectivity index (χ3n) is 3.30. The molecule has 0 fully saturated rings. The van der Waals surface area contributed by atoms with E-state index in [1.165, 1.54) is 6.07 Å². The highest BCUT2D eigenvalue weighted by molar-refractivity contribution is 6.00. The average Bonchev–Trinajstić information content (AvgIpc) is 2.73. The zero-order valence-electron chi connectivity index (χ0n) is 11.9. The van der Waals surface area contributed by atoms with Crippen LogP contribution in [-0.4, -0.2) is 16.2 Å². The minimum Gasteiger partial charge on any atom is -0.478 e. The van der Waals surface area contributed by atoms with E-state index in [9.17, 15) is 14.3 Å². The molecule has 0 spiro atoms. The molecule has 1 aromatic heterocycles. The first-order valence-electron chi connectivity index (χ1n) is 6.33. The second-order valence-electron chi connectivity index (χ2n) is 4.79. The van der Waals surface area contributed by atoms with E-state index in [-0.39, 0.29) is 17.3 Å². The number of benzene rings is 1. The lowest BCUT2D eigenvalue weighted by molar-refractivity contribution is 0.0698. The van der Waals surface area contributed by atoms with Crippen LogP contribution in [0.4, 0.5) is 15.8 Å². The molecule has 0 aliphatic heterocycles. The number of carbonyl (C=O) groups is 1. The molecule has 0 saturated carbocycles. The summed E-state index contributed by atoms with van der Waals surface area (Å²) in [5.41, 5.74) is 6.62. The summed E-state index contributed by atoms with van der Waals surface area (Å²) in [5.74, 6) is -1.41. The van der Waals surface area contributed by atoms with Crippen LogP contribution >= 0.6 is 0 Å². The van der Waals surface area contributed by atoms with Crippen molar-refractivity contribution in [1.82, 2.24) is 5.16 Å². The predicted octanol–water partition coefficient (Wildman–Crippen LogP) is 2.88. The summed E-state index contributed by atoms with van der Waals surface area (Å²) in [6, 6.07) is 2.22. The molecule has 0 saturated heterocycles. The first-order valence-corrected chi connectivity index (χ1v) is 6.33. The molecule has 2 aromatic rings. The van der Waals surface area contributed by atoms with Gasteiger partial charge in [0.25, 0.3) is 0 Å². The van der Waals surface area contributed by atoms with E-state index in [2.05, 4.69) is 10.5 Å². The number of carboxylic acids is 1. The summed E-state index contributed by atoms with van der Waals surface area (Å²) in [6.45, 7) is 5.39. The molecule has 0 bridgehead atoms. The largest absolute Gasteiger partial charge is 0.478 e. The summed E-state index contributed by atoms with van der Waals surface area (Å²) in [4.78, 5) is 11.3. The third-order valence-corrected chi connectivity index (χ3v) is 3.30. The van der Waals surface area contributed by atoms with E-state index in [1.807, 2.05) is 6.92 Å². The maximum atomic E-state index is 13.4.